The molecule has 8 nitrogen and oxygen atoms in total. The molecule has 0 bridgehead atoms. The highest BCUT2D eigenvalue weighted by Gasteiger charge is 2.21. The number of ether oxygens (including phenoxy) is 1. The Balaban J connectivity index is 1.66. The fourth-order valence-electron chi connectivity index (χ4n) is 3.28. The van der Waals surface area contributed by atoms with E-state index in [9.17, 15) is 8.42 Å². The number of benzene rings is 2. The number of fused-ring (bicyclic) bond motifs is 1. The van der Waals surface area contributed by atoms with Crippen molar-refractivity contribution in [3.8, 4) is 5.75 Å². The molecule has 0 spiro atoms. The SMILES string of the molecule is COc1ccc(S(=O)(=O)Nc2ccc(N3CCCCC3)c3nonc23)cc1. The summed E-state index contributed by atoms with van der Waals surface area (Å²) in [6.45, 7) is 1.89. The van der Waals surface area contributed by atoms with E-state index in [1.807, 2.05) is 6.07 Å². The van der Waals surface area contributed by atoms with Crippen LogP contribution in [0.2, 0.25) is 0 Å². The summed E-state index contributed by atoms with van der Waals surface area (Å²) in [6.07, 6.45) is 3.47. The molecular weight excluding hydrogens is 368 g/mol. The van der Waals surface area contributed by atoms with E-state index in [0.717, 1.165) is 31.6 Å². The fourth-order valence-corrected chi connectivity index (χ4v) is 4.35. The van der Waals surface area contributed by atoms with Crippen LogP contribution in [0.4, 0.5) is 11.4 Å². The molecule has 1 fully saturated rings. The van der Waals surface area contributed by atoms with Crippen LogP contribution in [0.3, 0.4) is 0 Å². The van der Waals surface area contributed by atoms with Crippen LogP contribution in [-0.2, 0) is 10.0 Å². The van der Waals surface area contributed by atoms with E-state index in [1.54, 1.807) is 18.2 Å². The molecule has 1 aromatic heterocycles. The first-order valence-electron chi connectivity index (χ1n) is 8.75. The van der Waals surface area contributed by atoms with Gasteiger partial charge in [-0.3, -0.25) is 4.72 Å². The van der Waals surface area contributed by atoms with Gasteiger partial charge in [-0.05, 0) is 66.0 Å². The van der Waals surface area contributed by atoms with Crippen molar-refractivity contribution in [2.24, 2.45) is 0 Å². The Morgan fingerprint density at radius 1 is 1.00 bits per heavy atom. The highest BCUT2D eigenvalue weighted by Crippen LogP contribution is 2.32. The smallest absolute Gasteiger partial charge is 0.261 e. The average molecular weight is 388 g/mol. The first-order chi connectivity index (χ1) is 13.1. The minimum absolute atomic E-state index is 0.132. The van der Waals surface area contributed by atoms with E-state index < -0.39 is 10.0 Å². The van der Waals surface area contributed by atoms with Gasteiger partial charge in [-0.25, -0.2) is 13.0 Å². The molecule has 0 atom stereocenters. The van der Waals surface area contributed by atoms with E-state index in [-0.39, 0.29) is 4.90 Å². The van der Waals surface area contributed by atoms with Crippen LogP contribution in [0.1, 0.15) is 19.3 Å². The van der Waals surface area contributed by atoms with Gasteiger partial charge in [0.05, 0.1) is 23.4 Å². The predicted molar refractivity (Wildman–Crippen MR) is 102 cm³/mol. The van der Waals surface area contributed by atoms with Gasteiger partial charge in [-0.15, -0.1) is 0 Å². The maximum Gasteiger partial charge on any atom is 0.261 e. The summed E-state index contributed by atoms with van der Waals surface area (Å²) < 4.78 is 38.0. The molecule has 0 amide bonds. The van der Waals surface area contributed by atoms with E-state index in [2.05, 4.69) is 19.9 Å². The fraction of sp³-hybridized carbons (Fsp3) is 0.333. The van der Waals surface area contributed by atoms with Crippen LogP contribution in [-0.4, -0.2) is 38.9 Å². The molecule has 1 saturated heterocycles. The molecule has 2 heterocycles. The maximum absolute atomic E-state index is 12.7. The Morgan fingerprint density at radius 3 is 2.41 bits per heavy atom. The van der Waals surface area contributed by atoms with Gasteiger partial charge in [0.2, 0.25) is 0 Å². The summed E-state index contributed by atoms with van der Waals surface area (Å²) in [4.78, 5) is 2.37. The molecule has 3 aromatic rings. The first-order valence-corrected chi connectivity index (χ1v) is 10.2. The number of aromatic nitrogens is 2. The van der Waals surface area contributed by atoms with Gasteiger partial charge >= 0.3 is 0 Å². The summed E-state index contributed by atoms with van der Waals surface area (Å²) in [5.74, 6) is 0.586. The number of anilines is 2. The second-order valence-electron chi connectivity index (χ2n) is 6.42. The molecule has 1 aliphatic rings. The quantitative estimate of drug-likeness (QED) is 0.717. The van der Waals surface area contributed by atoms with Crippen LogP contribution in [0.5, 0.6) is 5.75 Å². The zero-order valence-electron chi connectivity index (χ0n) is 14.9. The van der Waals surface area contributed by atoms with Gasteiger partial charge in [0.25, 0.3) is 10.0 Å². The monoisotopic (exact) mass is 388 g/mol. The Labute approximate surface area is 157 Å². The van der Waals surface area contributed by atoms with Crippen LogP contribution < -0.4 is 14.4 Å². The Bertz CT molecular complexity index is 1040. The zero-order valence-corrected chi connectivity index (χ0v) is 15.7. The Hall–Kier alpha value is -2.81. The molecular formula is C18H20N4O4S. The van der Waals surface area contributed by atoms with Gasteiger partial charge in [-0.1, -0.05) is 0 Å². The largest absolute Gasteiger partial charge is 0.497 e. The van der Waals surface area contributed by atoms with Crippen molar-refractivity contribution in [3.05, 3.63) is 36.4 Å². The third-order valence-electron chi connectivity index (χ3n) is 4.70. The number of sulfonamides is 1. The van der Waals surface area contributed by atoms with E-state index in [0.29, 0.717) is 22.5 Å². The molecule has 0 radical (unpaired) electrons. The van der Waals surface area contributed by atoms with Crippen molar-refractivity contribution in [1.82, 2.24) is 10.3 Å². The van der Waals surface area contributed by atoms with Crippen molar-refractivity contribution in [2.45, 2.75) is 24.2 Å². The summed E-state index contributed by atoms with van der Waals surface area (Å²) in [6, 6.07) is 9.74. The summed E-state index contributed by atoms with van der Waals surface area (Å²) in [5.41, 5.74) is 2.21. The lowest BCUT2D eigenvalue weighted by atomic mass is 10.1. The molecule has 142 valence electrons. The van der Waals surface area contributed by atoms with Crippen LogP contribution in [0.15, 0.2) is 45.9 Å². The van der Waals surface area contributed by atoms with Crippen molar-refractivity contribution < 1.29 is 17.8 Å². The van der Waals surface area contributed by atoms with Crippen molar-refractivity contribution >= 4 is 32.4 Å². The molecule has 0 unspecified atom stereocenters. The summed E-state index contributed by atoms with van der Waals surface area (Å²) in [5, 5.41) is 7.92. The standard InChI is InChI=1S/C18H20N4O4S/c1-25-13-5-7-14(8-6-13)27(23,24)21-15-9-10-16(18-17(15)19-26-20-18)22-11-3-2-4-12-22/h5-10,21H,2-4,11-12H2,1H3. The normalized spacial score (nSPS) is 15.1. The minimum Gasteiger partial charge on any atom is -0.497 e. The van der Waals surface area contributed by atoms with Gasteiger partial charge < -0.3 is 9.64 Å². The molecule has 0 aliphatic carbocycles. The van der Waals surface area contributed by atoms with E-state index in [1.165, 1.54) is 25.7 Å². The minimum atomic E-state index is -3.77. The number of hydrogen-bond donors (Lipinski definition) is 1. The summed E-state index contributed by atoms with van der Waals surface area (Å²) in [7, 11) is -2.25. The predicted octanol–water partition coefficient (Wildman–Crippen LogP) is 3.02. The average Bonchev–Trinajstić information content (AvgIpc) is 3.19. The van der Waals surface area contributed by atoms with Crippen LogP contribution in [0.25, 0.3) is 11.0 Å². The topological polar surface area (TPSA) is 97.6 Å². The van der Waals surface area contributed by atoms with Crippen LogP contribution in [0, 0.1) is 0 Å². The highest BCUT2D eigenvalue weighted by atomic mass is 32.2. The Morgan fingerprint density at radius 2 is 1.70 bits per heavy atom. The Kier molecular flexibility index (Phi) is 4.61. The molecule has 1 N–H and O–H groups in total. The number of hydrogen-bond acceptors (Lipinski definition) is 7. The van der Waals surface area contributed by atoms with E-state index in [4.69, 9.17) is 9.37 Å². The zero-order chi connectivity index (χ0) is 18.9. The molecule has 2 aromatic carbocycles. The van der Waals surface area contributed by atoms with Gasteiger partial charge in [-0.2, -0.15) is 0 Å². The molecule has 4 rings (SSSR count). The van der Waals surface area contributed by atoms with Crippen molar-refractivity contribution in [1.29, 1.82) is 0 Å². The highest BCUT2D eigenvalue weighted by molar-refractivity contribution is 7.92. The third kappa shape index (κ3) is 3.42. The number of piperidine rings is 1. The molecule has 1 aliphatic heterocycles. The number of nitrogens with zero attached hydrogens (tertiary/aromatic N) is 3. The van der Waals surface area contributed by atoms with Gasteiger partial charge in [0.15, 0.2) is 11.0 Å². The number of methoxy groups -OCH3 is 1. The van der Waals surface area contributed by atoms with Gasteiger partial charge in [0, 0.05) is 13.1 Å². The molecule has 27 heavy (non-hydrogen) atoms. The van der Waals surface area contributed by atoms with Crippen LogP contribution >= 0.6 is 0 Å². The number of rotatable bonds is 5. The lowest BCUT2D eigenvalue weighted by Gasteiger charge is -2.28. The molecule has 9 heteroatoms. The summed E-state index contributed by atoms with van der Waals surface area (Å²) >= 11 is 0. The second-order valence-corrected chi connectivity index (χ2v) is 8.10. The third-order valence-corrected chi connectivity index (χ3v) is 6.09. The maximum atomic E-state index is 12.7. The number of nitrogens with one attached hydrogen (secondary N) is 1. The lowest BCUT2D eigenvalue weighted by Crippen LogP contribution is -2.29. The van der Waals surface area contributed by atoms with E-state index >= 15 is 0 Å². The lowest BCUT2D eigenvalue weighted by molar-refractivity contribution is 0.315. The second kappa shape index (κ2) is 7.07. The van der Waals surface area contributed by atoms with Crippen molar-refractivity contribution in [2.75, 3.05) is 29.8 Å². The molecule has 0 saturated carbocycles. The van der Waals surface area contributed by atoms with Gasteiger partial charge in [0.1, 0.15) is 5.75 Å². The van der Waals surface area contributed by atoms with Crippen molar-refractivity contribution in [3.63, 3.8) is 0 Å². The first kappa shape index (κ1) is 17.6.